The molecule has 1 atom stereocenters. The third-order valence-corrected chi connectivity index (χ3v) is 4.24. The van der Waals surface area contributed by atoms with Crippen molar-refractivity contribution in [2.24, 2.45) is 0 Å². The molecule has 1 saturated heterocycles. The summed E-state index contributed by atoms with van der Waals surface area (Å²) in [6, 6.07) is 10.6. The maximum atomic E-state index is 9.60. The molecule has 0 saturated carbocycles. The predicted molar refractivity (Wildman–Crippen MR) is 82.0 cm³/mol. The molecule has 4 heteroatoms. The molecule has 1 unspecified atom stereocenters. The molecule has 106 valence electrons. The number of aliphatic hydroxyl groups is 1. The largest absolute Gasteiger partial charge is 0.392 e. The van der Waals surface area contributed by atoms with Crippen LogP contribution in [0.1, 0.15) is 12.5 Å². The van der Waals surface area contributed by atoms with E-state index in [-0.39, 0.29) is 6.61 Å². The van der Waals surface area contributed by atoms with Gasteiger partial charge in [-0.3, -0.25) is 0 Å². The average molecular weight is 271 g/mol. The first kappa shape index (κ1) is 13.3. The van der Waals surface area contributed by atoms with Crippen LogP contribution in [0.15, 0.2) is 30.3 Å². The molecule has 1 aliphatic rings. The Hall–Kier alpha value is -1.65. The van der Waals surface area contributed by atoms with Gasteiger partial charge in [0.1, 0.15) is 5.82 Å². The number of likely N-dealkylation sites (N-methyl/N-ethyl adjacent to an activating group) is 1. The summed E-state index contributed by atoms with van der Waals surface area (Å²) in [6.07, 6.45) is 0. The zero-order valence-electron chi connectivity index (χ0n) is 12.1. The van der Waals surface area contributed by atoms with Crippen molar-refractivity contribution in [3.8, 4) is 0 Å². The van der Waals surface area contributed by atoms with Crippen molar-refractivity contribution in [1.29, 1.82) is 0 Å². The summed E-state index contributed by atoms with van der Waals surface area (Å²) in [4.78, 5) is 9.44. The maximum absolute atomic E-state index is 9.60. The highest BCUT2D eigenvalue weighted by Crippen LogP contribution is 2.24. The average Bonchev–Trinajstić information content (AvgIpc) is 2.49. The molecule has 1 aromatic carbocycles. The van der Waals surface area contributed by atoms with Crippen LogP contribution in [0.3, 0.4) is 0 Å². The van der Waals surface area contributed by atoms with Crippen molar-refractivity contribution in [3.63, 3.8) is 0 Å². The van der Waals surface area contributed by atoms with E-state index in [4.69, 9.17) is 4.98 Å². The lowest BCUT2D eigenvalue weighted by atomic mass is 10.1. The van der Waals surface area contributed by atoms with Crippen LogP contribution in [0.25, 0.3) is 10.9 Å². The molecule has 0 aliphatic carbocycles. The van der Waals surface area contributed by atoms with Gasteiger partial charge in [-0.25, -0.2) is 4.98 Å². The van der Waals surface area contributed by atoms with Crippen LogP contribution in [0.2, 0.25) is 0 Å². The molecule has 1 fully saturated rings. The lowest BCUT2D eigenvalue weighted by Gasteiger charge is -2.38. The van der Waals surface area contributed by atoms with E-state index in [2.05, 4.69) is 23.8 Å². The first-order valence-electron chi connectivity index (χ1n) is 7.13. The van der Waals surface area contributed by atoms with Crippen molar-refractivity contribution in [3.05, 3.63) is 35.9 Å². The number of aliphatic hydroxyl groups excluding tert-OH is 1. The molecule has 20 heavy (non-hydrogen) atoms. The van der Waals surface area contributed by atoms with E-state index in [0.717, 1.165) is 41.9 Å². The molecule has 1 aromatic heterocycles. The monoisotopic (exact) mass is 271 g/mol. The van der Waals surface area contributed by atoms with Gasteiger partial charge in [0.05, 0.1) is 12.1 Å². The van der Waals surface area contributed by atoms with Gasteiger partial charge >= 0.3 is 0 Å². The second-order valence-electron chi connectivity index (χ2n) is 5.59. The topological polar surface area (TPSA) is 39.6 Å². The smallest absolute Gasteiger partial charge is 0.129 e. The van der Waals surface area contributed by atoms with Gasteiger partial charge in [0, 0.05) is 31.1 Å². The van der Waals surface area contributed by atoms with Crippen molar-refractivity contribution in [1.82, 2.24) is 9.88 Å². The fourth-order valence-corrected chi connectivity index (χ4v) is 2.78. The Labute approximate surface area is 119 Å². The first-order chi connectivity index (χ1) is 9.69. The minimum Gasteiger partial charge on any atom is -0.392 e. The highest BCUT2D eigenvalue weighted by Gasteiger charge is 2.22. The van der Waals surface area contributed by atoms with Gasteiger partial charge in [-0.1, -0.05) is 18.2 Å². The van der Waals surface area contributed by atoms with E-state index in [9.17, 15) is 5.11 Å². The number of hydrogen-bond acceptors (Lipinski definition) is 4. The van der Waals surface area contributed by atoms with Crippen LogP contribution in [0.5, 0.6) is 0 Å². The van der Waals surface area contributed by atoms with Gasteiger partial charge in [0.15, 0.2) is 0 Å². The van der Waals surface area contributed by atoms with Crippen LogP contribution >= 0.6 is 0 Å². The fourth-order valence-electron chi connectivity index (χ4n) is 2.78. The predicted octanol–water partition coefficient (Wildman–Crippen LogP) is 1.87. The van der Waals surface area contributed by atoms with Gasteiger partial charge < -0.3 is 14.9 Å². The number of benzene rings is 1. The molecule has 1 aliphatic heterocycles. The zero-order chi connectivity index (χ0) is 14.1. The molecular formula is C16H21N3O. The highest BCUT2D eigenvalue weighted by molar-refractivity contribution is 5.84. The first-order valence-corrected chi connectivity index (χ1v) is 7.13. The molecule has 0 spiro atoms. The molecule has 3 rings (SSSR count). The van der Waals surface area contributed by atoms with Crippen molar-refractivity contribution >= 4 is 16.7 Å². The Morgan fingerprint density at radius 3 is 2.85 bits per heavy atom. The van der Waals surface area contributed by atoms with E-state index in [1.54, 1.807) is 0 Å². The lowest BCUT2D eigenvalue weighted by Crippen LogP contribution is -2.50. The molecule has 2 heterocycles. The van der Waals surface area contributed by atoms with Gasteiger partial charge in [-0.15, -0.1) is 0 Å². The van der Waals surface area contributed by atoms with Crippen molar-refractivity contribution in [2.75, 3.05) is 31.6 Å². The van der Waals surface area contributed by atoms with Crippen molar-refractivity contribution in [2.45, 2.75) is 19.6 Å². The van der Waals surface area contributed by atoms with E-state index in [0.29, 0.717) is 6.04 Å². The number of anilines is 1. The summed E-state index contributed by atoms with van der Waals surface area (Å²) >= 11 is 0. The summed E-state index contributed by atoms with van der Waals surface area (Å²) in [5.74, 6) is 0.979. The van der Waals surface area contributed by atoms with Gasteiger partial charge in [0.2, 0.25) is 0 Å². The minimum atomic E-state index is 0.0549. The second kappa shape index (κ2) is 5.38. The zero-order valence-corrected chi connectivity index (χ0v) is 12.1. The van der Waals surface area contributed by atoms with Crippen LogP contribution in [-0.4, -0.2) is 47.7 Å². The van der Waals surface area contributed by atoms with Gasteiger partial charge in [-0.05, 0) is 31.7 Å². The molecule has 0 radical (unpaired) electrons. The summed E-state index contributed by atoms with van der Waals surface area (Å²) < 4.78 is 0. The van der Waals surface area contributed by atoms with Crippen LogP contribution in [0.4, 0.5) is 5.82 Å². The molecule has 1 N–H and O–H groups in total. The SMILES string of the molecule is CC1CN(c2cc(CO)c3ccccc3n2)CCN1C. The maximum Gasteiger partial charge on any atom is 0.129 e. The van der Waals surface area contributed by atoms with E-state index in [1.165, 1.54) is 0 Å². The number of aromatic nitrogens is 1. The van der Waals surface area contributed by atoms with E-state index in [1.807, 2.05) is 30.3 Å². The van der Waals surface area contributed by atoms with Gasteiger partial charge in [-0.2, -0.15) is 0 Å². The third kappa shape index (κ3) is 2.37. The second-order valence-corrected chi connectivity index (χ2v) is 5.59. The number of nitrogens with zero attached hydrogens (tertiary/aromatic N) is 3. The Kier molecular flexibility index (Phi) is 3.59. The summed E-state index contributed by atoms with van der Waals surface area (Å²) in [5, 5.41) is 10.6. The molecule has 0 amide bonds. The van der Waals surface area contributed by atoms with Crippen LogP contribution in [-0.2, 0) is 6.61 Å². The quantitative estimate of drug-likeness (QED) is 0.905. The Balaban J connectivity index is 1.99. The molecule has 2 aromatic rings. The Bertz CT molecular complexity index is 614. The normalized spacial score (nSPS) is 20.6. The number of rotatable bonds is 2. The number of pyridine rings is 1. The molecular weight excluding hydrogens is 250 g/mol. The lowest BCUT2D eigenvalue weighted by molar-refractivity contribution is 0.233. The van der Waals surface area contributed by atoms with Gasteiger partial charge in [0.25, 0.3) is 0 Å². The summed E-state index contributed by atoms with van der Waals surface area (Å²) in [7, 11) is 2.16. The number of piperazine rings is 1. The number of fused-ring (bicyclic) bond motifs is 1. The Morgan fingerprint density at radius 1 is 1.30 bits per heavy atom. The van der Waals surface area contributed by atoms with Crippen molar-refractivity contribution < 1.29 is 5.11 Å². The number of para-hydroxylation sites is 1. The Morgan fingerprint density at radius 2 is 2.10 bits per heavy atom. The molecule has 0 bridgehead atoms. The highest BCUT2D eigenvalue weighted by atomic mass is 16.3. The van der Waals surface area contributed by atoms with E-state index >= 15 is 0 Å². The number of hydrogen-bond donors (Lipinski definition) is 1. The summed E-state index contributed by atoms with van der Waals surface area (Å²) in [6.45, 7) is 5.30. The standard InChI is InChI=1S/C16H21N3O/c1-12-10-19(8-7-18(12)2)16-9-13(11-20)14-5-3-4-6-15(14)17-16/h3-6,9,12,20H,7-8,10-11H2,1-2H3. The van der Waals surface area contributed by atoms with E-state index < -0.39 is 0 Å². The summed E-state index contributed by atoms with van der Waals surface area (Å²) in [5.41, 5.74) is 1.91. The third-order valence-electron chi connectivity index (χ3n) is 4.24. The minimum absolute atomic E-state index is 0.0549. The van der Waals surface area contributed by atoms with Crippen LogP contribution in [0, 0.1) is 0 Å². The van der Waals surface area contributed by atoms with Crippen LogP contribution < -0.4 is 4.90 Å². The molecule has 4 nitrogen and oxygen atoms in total. The fraction of sp³-hybridized carbons (Fsp3) is 0.438.